The second-order valence-electron chi connectivity index (χ2n) is 6.44. The number of hydrogen-bond acceptors (Lipinski definition) is 6. The molecular weight excluding hydrogens is 394 g/mol. The van der Waals surface area contributed by atoms with E-state index in [-0.39, 0.29) is 6.61 Å². The van der Waals surface area contributed by atoms with Crippen LogP contribution < -0.4 is 9.47 Å². The third kappa shape index (κ3) is 6.04. The van der Waals surface area contributed by atoms with Gasteiger partial charge in [-0.25, -0.2) is 4.79 Å². The minimum Gasteiger partial charge on any atom is -0.486 e. The van der Waals surface area contributed by atoms with Gasteiger partial charge in [-0.2, -0.15) is 4.89 Å². The number of allylic oxidation sites excluding steroid dienone is 1. The fourth-order valence-corrected chi connectivity index (χ4v) is 2.74. The molecule has 0 unspecified atom stereocenters. The van der Waals surface area contributed by atoms with E-state index in [1.807, 2.05) is 43.3 Å². The Hall–Kier alpha value is -3.90. The van der Waals surface area contributed by atoms with Crippen molar-refractivity contribution in [1.82, 2.24) is 0 Å². The zero-order valence-electron chi connectivity index (χ0n) is 17.4. The van der Waals surface area contributed by atoms with Crippen molar-refractivity contribution in [1.29, 1.82) is 0 Å². The summed E-state index contributed by atoms with van der Waals surface area (Å²) in [5.41, 5.74) is 3.28. The van der Waals surface area contributed by atoms with Crippen LogP contribution in [0.2, 0.25) is 0 Å². The van der Waals surface area contributed by atoms with Gasteiger partial charge in [0.15, 0.2) is 5.76 Å². The molecule has 0 aliphatic heterocycles. The molecule has 6 heteroatoms. The van der Waals surface area contributed by atoms with Crippen molar-refractivity contribution < 1.29 is 24.0 Å². The maximum Gasteiger partial charge on any atom is 0.343 e. The van der Waals surface area contributed by atoms with E-state index in [4.69, 9.17) is 14.4 Å². The van der Waals surface area contributed by atoms with Crippen molar-refractivity contribution in [3.05, 3.63) is 90.2 Å². The Bertz CT molecular complexity index is 1040. The Morgan fingerprint density at radius 2 is 1.48 bits per heavy atom. The standard InChI is InChI=1S/C25H23NO5/c1-4-22(31-28-3)17-29-23-13-9-20(10-14-23)25(27)30-24-15-7-19(8-16-24)18-5-11-21(26-2)12-6-18/h4-16H,2,17H2,1,3H3/b22-4-. The summed E-state index contributed by atoms with van der Waals surface area (Å²) in [7, 11) is 1.43. The third-order valence-electron chi connectivity index (χ3n) is 4.43. The Morgan fingerprint density at radius 3 is 2.03 bits per heavy atom. The Labute approximate surface area is 181 Å². The van der Waals surface area contributed by atoms with E-state index < -0.39 is 5.97 Å². The number of hydrogen-bond donors (Lipinski definition) is 0. The monoisotopic (exact) mass is 417 g/mol. The molecular formula is C25H23NO5. The summed E-state index contributed by atoms with van der Waals surface area (Å²) in [6.45, 7) is 5.55. The Kier molecular flexibility index (Phi) is 7.56. The summed E-state index contributed by atoms with van der Waals surface area (Å²) in [6, 6.07) is 21.7. The summed E-state index contributed by atoms with van der Waals surface area (Å²) < 4.78 is 11.1. The molecule has 0 aromatic heterocycles. The molecule has 0 aliphatic carbocycles. The number of nitrogens with zero attached hydrogens (tertiary/aromatic N) is 1. The second kappa shape index (κ2) is 10.8. The minimum absolute atomic E-state index is 0.216. The summed E-state index contributed by atoms with van der Waals surface area (Å²) >= 11 is 0. The second-order valence-corrected chi connectivity index (χ2v) is 6.44. The zero-order chi connectivity index (χ0) is 22.1. The normalized spacial score (nSPS) is 11.0. The first-order chi connectivity index (χ1) is 15.1. The summed E-state index contributed by atoms with van der Waals surface area (Å²) in [5, 5.41) is 0. The van der Waals surface area contributed by atoms with Gasteiger partial charge in [-0.3, -0.25) is 4.99 Å². The number of esters is 1. The lowest BCUT2D eigenvalue weighted by Crippen LogP contribution is -2.08. The van der Waals surface area contributed by atoms with E-state index in [9.17, 15) is 4.79 Å². The smallest absolute Gasteiger partial charge is 0.343 e. The summed E-state index contributed by atoms with van der Waals surface area (Å²) in [4.78, 5) is 25.9. The van der Waals surface area contributed by atoms with Crippen LogP contribution in [-0.2, 0) is 9.78 Å². The van der Waals surface area contributed by atoms with Gasteiger partial charge in [0, 0.05) is 0 Å². The number of rotatable bonds is 9. The Balaban J connectivity index is 1.58. The van der Waals surface area contributed by atoms with E-state index in [0.29, 0.717) is 22.8 Å². The summed E-state index contributed by atoms with van der Waals surface area (Å²) in [6.07, 6.45) is 1.74. The molecule has 0 spiro atoms. The van der Waals surface area contributed by atoms with Crippen molar-refractivity contribution in [2.45, 2.75) is 6.92 Å². The number of carbonyl (C=O) groups is 1. The third-order valence-corrected chi connectivity index (χ3v) is 4.43. The predicted molar refractivity (Wildman–Crippen MR) is 120 cm³/mol. The SMILES string of the molecule is C=Nc1ccc(-c2ccc(OC(=O)c3ccc(OC/C(=C/C)OOC)cc3)cc2)cc1. The molecule has 31 heavy (non-hydrogen) atoms. The number of ether oxygens (including phenoxy) is 2. The molecule has 0 saturated heterocycles. The first-order valence-electron chi connectivity index (χ1n) is 9.61. The maximum absolute atomic E-state index is 12.4. The lowest BCUT2D eigenvalue weighted by atomic mass is 10.1. The van der Waals surface area contributed by atoms with Crippen LogP contribution in [0.15, 0.2) is 89.6 Å². The fourth-order valence-electron chi connectivity index (χ4n) is 2.74. The fraction of sp³-hybridized carbons (Fsp3) is 0.120. The highest BCUT2D eigenvalue weighted by molar-refractivity contribution is 5.91. The molecule has 3 rings (SSSR count). The highest BCUT2D eigenvalue weighted by Gasteiger charge is 2.10. The summed E-state index contributed by atoms with van der Waals surface area (Å²) in [5.74, 6) is 1.16. The van der Waals surface area contributed by atoms with E-state index in [0.717, 1.165) is 16.8 Å². The van der Waals surface area contributed by atoms with Crippen LogP contribution in [0.3, 0.4) is 0 Å². The van der Waals surface area contributed by atoms with Crippen molar-refractivity contribution in [2.75, 3.05) is 13.7 Å². The van der Waals surface area contributed by atoms with Gasteiger partial charge in [-0.1, -0.05) is 24.3 Å². The van der Waals surface area contributed by atoms with Crippen LogP contribution in [-0.4, -0.2) is 26.4 Å². The molecule has 0 fully saturated rings. The van der Waals surface area contributed by atoms with Crippen molar-refractivity contribution in [3.63, 3.8) is 0 Å². The van der Waals surface area contributed by atoms with Crippen LogP contribution in [0.4, 0.5) is 5.69 Å². The molecule has 0 saturated carbocycles. The predicted octanol–water partition coefficient (Wildman–Crippen LogP) is 5.77. The van der Waals surface area contributed by atoms with Crippen LogP contribution in [0.5, 0.6) is 11.5 Å². The van der Waals surface area contributed by atoms with E-state index in [1.165, 1.54) is 7.11 Å². The molecule has 0 heterocycles. The van der Waals surface area contributed by atoms with Gasteiger partial charge in [-0.15, -0.1) is 0 Å². The van der Waals surface area contributed by atoms with Gasteiger partial charge in [-0.05, 0) is 79.4 Å². The largest absolute Gasteiger partial charge is 0.486 e. The van der Waals surface area contributed by atoms with E-state index in [2.05, 4.69) is 16.6 Å². The van der Waals surface area contributed by atoms with Crippen molar-refractivity contribution in [2.24, 2.45) is 4.99 Å². The van der Waals surface area contributed by atoms with Gasteiger partial charge < -0.3 is 14.4 Å². The Morgan fingerprint density at radius 1 is 0.903 bits per heavy atom. The van der Waals surface area contributed by atoms with Gasteiger partial charge in [0.25, 0.3) is 0 Å². The minimum atomic E-state index is -0.447. The lowest BCUT2D eigenvalue weighted by Gasteiger charge is -2.09. The average molecular weight is 417 g/mol. The van der Waals surface area contributed by atoms with Gasteiger partial charge >= 0.3 is 5.97 Å². The number of carbonyl (C=O) groups excluding carboxylic acids is 1. The van der Waals surface area contributed by atoms with Gasteiger partial charge in [0.2, 0.25) is 0 Å². The molecule has 0 aliphatic rings. The number of benzene rings is 3. The lowest BCUT2D eigenvalue weighted by molar-refractivity contribution is -0.241. The average Bonchev–Trinajstić information content (AvgIpc) is 2.82. The molecule has 3 aromatic carbocycles. The van der Waals surface area contributed by atoms with Crippen LogP contribution in [0, 0.1) is 0 Å². The van der Waals surface area contributed by atoms with Crippen molar-refractivity contribution >= 4 is 18.4 Å². The topological polar surface area (TPSA) is 66.4 Å². The molecule has 0 amide bonds. The first kappa shape index (κ1) is 21.8. The van der Waals surface area contributed by atoms with E-state index >= 15 is 0 Å². The first-order valence-corrected chi connectivity index (χ1v) is 9.61. The number of aliphatic imine (C=N–C) groups is 1. The molecule has 3 aromatic rings. The quantitative estimate of drug-likeness (QED) is 0.110. The molecule has 0 N–H and O–H groups in total. The molecule has 6 nitrogen and oxygen atoms in total. The highest BCUT2D eigenvalue weighted by Crippen LogP contribution is 2.25. The molecule has 158 valence electrons. The van der Waals surface area contributed by atoms with Crippen molar-refractivity contribution in [3.8, 4) is 22.6 Å². The van der Waals surface area contributed by atoms with E-state index in [1.54, 1.807) is 42.5 Å². The molecule has 0 radical (unpaired) electrons. The van der Waals surface area contributed by atoms with Crippen LogP contribution in [0.25, 0.3) is 11.1 Å². The van der Waals surface area contributed by atoms with Crippen LogP contribution in [0.1, 0.15) is 17.3 Å². The molecule has 0 bridgehead atoms. The van der Waals surface area contributed by atoms with Gasteiger partial charge in [0.1, 0.15) is 18.1 Å². The highest BCUT2D eigenvalue weighted by atomic mass is 17.2. The maximum atomic E-state index is 12.4. The zero-order valence-corrected chi connectivity index (χ0v) is 17.4. The van der Waals surface area contributed by atoms with Gasteiger partial charge in [0.05, 0.1) is 18.4 Å². The molecule has 0 atom stereocenters. The van der Waals surface area contributed by atoms with Crippen LogP contribution >= 0.6 is 0 Å².